The average Bonchev–Trinajstić information content (AvgIpc) is 3.36. The second-order valence-electron chi connectivity index (χ2n) is 6.52. The number of ether oxygens (including phenoxy) is 1. The van der Waals surface area contributed by atoms with Crippen LogP contribution in [-0.4, -0.2) is 16.1 Å². The maximum atomic E-state index is 11.3. The average molecular weight is 379 g/mol. The molecule has 140 valence electrons. The number of para-hydroxylation sites is 1. The maximum absolute atomic E-state index is 11.3. The second kappa shape index (κ2) is 7.87. The van der Waals surface area contributed by atoms with Crippen LogP contribution in [0.4, 0.5) is 0 Å². The number of fused-ring (bicyclic) bond motifs is 2. The minimum atomic E-state index is -1.15. The van der Waals surface area contributed by atoms with Crippen LogP contribution in [0.1, 0.15) is 21.6 Å². The summed E-state index contributed by atoms with van der Waals surface area (Å²) in [6, 6.07) is 25.2. The number of hydrogen-bond acceptors (Lipinski definition) is 3. The number of aromatic nitrogens is 1. The molecule has 4 nitrogen and oxygen atoms in total. The summed E-state index contributed by atoms with van der Waals surface area (Å²) in [5, 5.41) is 10.0. The van der Waals surface area contributed by atoms with Crippen LogP contribution >= 0.6 is 0 Å². The molecule has 0 saturated carbocycles. The number of rotatable bonds is 4. The number of carbonyl (C=O) groups is 1. The highest BCUT2D eigenvalue weighted by atomic mass is 16.5. The van der Waals surface area contributed by atoms with Crippen molar-refractivity contribution in [3.8, 4) is 29.2 Å². The van der Waals surface area contributed by atoms with E-state index in [1.807, 2.05) is 42.5 Å². The van der Waals surface area contributed by atoms with Crippen LogP contribution in [0.25, 0.3) is 22.0 Å². The predicted molar refractivity (Wildman–Crippen MR) is 113 cm³/mol. The molecular formula is C25H17NO3. The molecule has 0 unspecified atom stereocenters. The number of carboxylic acid groups (broad SMARTS) is 1. The third-order valence-electron chi connectivity index (χ3n) is 4.52. The summed E-state index contributed by atoms with van der Waals surface area (Å²) >= 11 is 0. The molecule has 1 N–H and O–H groups in total. The zero-order valence-corrected chi connectivity index (χ0v) is 15.5. The highest BCUT2D eigenvalue weighted by Crippen LogP contribution is 2.32. The Balaban J connectivity index is 0.000000286. The van der Waals surface area contributed by atoms with Crippen LogP contribution in [0.5, 0.6) is 5.75 Å². The smallest absolute Gasteiger partial charge is 0.355 e. The first-order valence-electron chi connectivity index (χ1n) is 9.06. The molecular weight excluding hydrogens is 362 g/mol. The Morgan fingerprint density at radius 3 is 2.28 bits per heavy atom. The highest BCUT2D eigenvalue weighted by Gasteiger charge is 2.14. The molecule has 3 aromatic rings. The van der Waals surface area contributed by atoms with Crippen molar-refractivity contribution in [1.82, 2.24) is 4.98 Å². The molecule has 1 aromatic heterocycles. The molecule has 0 amide bonds. The van der Waals surface area contributed by atoms with E-state index in [0.29, 0.717) is 17.9 Å². The van der Waals surface area contributed by atoms with Gasteiger partial charge in [0.1, 0.15) is 17.9 Å². The lowest BCUT2D eigenvalue weighted by molar-refractivity contribution is 0.0690. The first kappa shape index (κ1) is 18.3. The van der Waals surface area contributed by atoms with Gasteiger partial charge in [0.25, 0.3) is 0 Å². The Hall–Kier alpha value is -4.10. The van der Waals surface area contributed by atoms with Gasteiger partial charge in [-0.05, 0) is 34.9 Å². The molecule has 0 fully saturated rings. The predicted octanol–water partition coefficient (Wildman–Crippen LogP) is 5.16. The Bertz CT molecular complexity index is 1220. The molecule has 0 aliphatic heterocycles. The molecule has 29 heavy (non-hydrogen) atoms. The van der Waals surface area contributed by atoms with Gasteiger partial charge in [-0.1, -0.05) is 66.6 Å². The van der Waals surface area contributed by atoms with Gasteiger partial charge >= 0.3 is 5.97 Å². The van der Waals surface area contributed by atoms with Crippen LogP contribution < -0.4 is 4.74 Å². The normalized spacial score (nSPS) is 10.4. The molecule has 5 rings (SSSR count). The fraction of sp³-hybridized carbons (Fsp3) is 0.0400. The second-order valence-corrected chi connectivity index (χ2v) is 6.52. The standard InChI is InChI=1S/C19H13NO3.C6H4/c1-2-14-11-15-9-6-10-16(17(15)20-18(14)19(21)22)23-12-13-7-4-3-5-8-13;1-2-5-4-6(5)3-1/h1,3-11H,12H2,(H,21,22);1-4H. The van der Waals surface area contributed by atoms with Crippen molar-refractivity contribution in [2.75, 3.05) is 0 Å². The molecule has 0 spiro atoms. The summed E-state index contributed by atoms with van der Waals surface area (Å²) in [4.78, 5) is 15.5. The lowest BCUT2D eigenvalue weighted by Crippen LogP contribution is -2.05. The molecule has 2 aromatic carbocycles. The topological polar surface area (TPSA) is 59.4 Å². The van der Waals surface area contributed by atoms with Crippen molar-refractivity contribution in [3.63, 3.8) is 0 Å². The zero-order valence-electron chi connectivity index (χ0n) is 15.5. The van der Waals surface area contributed by atoms with Crippen molar-refractivity contribution in [1.29, 1.82) is 0 Å². The van der Waals surface area contributed by atoms with Crippen molar-refractivity contribution in [3.05, 3.63) is 95.7 Å². The third-order valence-corrected chi connectivity index (χ3v) is 4.52. The number of benzene rings is 3. The Kier molecular flexibility index (Phi) is 4.96. The van der Waals surface area contributed by atoms with Crippen LogP contribution in [0, 0.1) is 12.3 Å². The van der Waals surface area contributed by atoms with Gasteiger partial charge in [-0.15, -0.1) is 6.42 Å². The highest BCUT2D eigenvalue weighted by molar-refractivity contribution is 5.94. The van der Waals surface area contributed by atoms with Crippen molar-refractivity contribution in [2.45, 2.75) is 6.61 Å². The van der Waals surface area contributed by atoms with Crippen LogP contribution in [0.2, 0.25) is 0 Å². The van der Waals surface area contributed by atoms with E-state index < -0.39 is 5.97 Å². The van der Waals surface area contributed by atoms with Crippen LogP contribution in [0.3, 0.4) is 0 Å². The number of terminal acetylenes is 1. The van der Waals surface area contributed by atoms with Crippen LogP contribution in [-0.2, 0) is 6.61 Å². The number of hydrogen-bond donors (Lipinski definition) is 1. The Morgan fingerprint density at radius 1 is 0.966 bits per heavy atom. The molecule has 0 saturated heterocycles. The van der Waals surface area contributed by atoms with Gasteiger partial charge in [0, 0.05) is 5.39 Å². The quantitative estimate of drug-likeness (QED) is 0.438. The van der Waals surface area contributed by atoms with Gasteiger partial charge in [-0.2, -0.15) is 0 Å². The molecule has 2 aliphatic rings. The van der Waals surface area contributed by atoms with Crippen molar-refractivity contribution >= 4 is 16.9 Å². The number of pyridine rings is 1. The molecule has 0 bridgehead atoms. The third kappa shape index (κ3) is 4.10. The largest absolute Gasteiger partial charge is 0.487 e. The van der Waals surface area contributed by atoms with E-state index in [-0.39, 0.29) is 11.3 Å². The summed E-state index contributed by atoms with van der Waals surface area (Å²) in [5.41, 5.74) is 4.47. The number of nitrogens with zero attached hydrogens (tertiary/aromatic N) is 1. The summed E-state index contributed by atoms with van der Waals surface area (Å²) < 4.78 is 5.81. The summed E-state index contributed by atoms with van der Waals surface area (Å²) in [7, 11) is 0. The SMILES string of the molecule is C#Cc1cc2cccc(OCc3ccccc3)c2nc1C(=O)O.c1cc2cc-2c1. The zero-order chi connectivity index (χ0) is 20.2. The van der Waals surface area contributed by atoms with Crippen LogP contribution in [0.15, 0.2) is 78.9 Å². The first-order chi connectivity index (χ1) is 14.2. The summed E-state index contributed by atoms with van der Waals surface area (Å²) in [6.07, 6.45) is 5.37. The molecule has 2 aliphatic carbocycles. The lowest BCUT2D eigenvalue weighted by Gasteiger charge is -2.10. The Labute approximate surface area is 168 Å². The fourth-order valence-electron chi connectivity index (χ4n) is 2.97. The Morgan fingerprint density at radius 2 is 1.69 bits per heavy atom. The van der Waals surface area contributed by atoms with E-state index in [1.165, 1.54) is 11.1 Å². The van der Waals surface area contributed by atoms with Gasteiger partial charge in [0.15, 0.2) is 5.69 Å². The summed E-state index contributed by atoms with van der Waals surface area (Å²) in [6.45, 7) is 0.376. The van der Waals surface area contributed by atoms with E-state index in [9.17, 15) is 9.90 Å². The summed E-state index contributed by atoms with van der Waals surface area (Å²) in [5.74, 6) is 1.73. The molecule has 4 heteroatoms. The van der Waals surface area contributed by atoms with E-state index in [2.05, 4.69) is 35.2 Å². The van der Waals surface area contributed by atoms with Crippen molar-refractivity contribution in [2.24, 2.45) is 0 Å². The van der Waals surface area contributed by atoms with Gasteiger partial charge in [-0.25, -0.2) is 9.78 Å². The van der Waals surface area contributed by atoms with Gasteiger partial charge in [0.05, 0.1) is 5.56 Å². The minimum absolute atomic E-state index is 0.143. The monoisotopic (exact) mass is 379 g/mol. The van der Waals surface area contributed by atoms with Gasteiger partial charge < -0.3 is 9.84 Å². The number of aromatic carboxylic acids is 1. The van der Waals surface area contributed by atoms with Gasteiger partial charge in [-0.3, -0.25) is 0 Å². The van der Waals surface area contributed by atoms with Gasteiger partial charge in [0.2, 0.25) is 0 Å². The van der Waals surface area contributed by atoms with Crippen molar-refractivity contribution < 1.29 is 14.6 Å². The lowest BCUT2D eigenvalue weighted by atomic mass is 10.1. The first-order valence-corrected chi connectivity index (χ1v) is 9.06. The van der Waals surface area contributed by atoms with E-state index in [0.717, 1.165) is 10.9 Å². The molecule has 0 radical (unpaired) electrons. The van der Waals surface area contributed by atoms with E-state index >= 15 is 0 Å². The minimum Gasteiger partial charge on any atom is -0.487 e. The molecule has 1 heterocycles. The maximum Gasteiger partial charge on any atom is 0.355 e. The number of carboxylic acids is 1. The fourth-order valence-corrected chi connectivity index (χ4v) is 2.97. The van der Waals surface area contributed by atoms with E-state index in [4.69, 9.17) is 11.2 Å². The van der Waals surface area contributed by atoms with E-state index in [1.54, 1.807) is 12.1 Å². The molecule has 0 atom stereocenters.